The van der Waals surface area contributed by atoms with E-state index in [2.05, 4.69) is 0 Å². The van der Waals surface area contributed by atoms with Crippen LogP contribution >= 0.6 is 0 Å². The van der Waals surface area contributed by atoms with Crippen LogP contribution in [0.5, 0.6) is 0 Å². The van der Waals surface area contributed by atoms with Crippen LogP contribution in [0.4, 0.5) is 0 Å². The number of hydrogen-bond donors (Lipinski definition) is 0. The lowest BCUT2D eigenvalue weighted by Gasteiger charge is -2.39. The van der Waals surface area contributed by atoms with Crippen molar-refractivity contribution in [1.82, 2.24) is 14.7 Å². The molecule has 1 aromatic rings. The number of hydrogen-bond acceptors (Lipinski definition) is 4. The molecule has 0 unspecified atom stereocenters. The Balaban J connectivity index is 1.98. The Labute approximate surface area is 148 Å². The number of piperazine rings is 1. The van der Waals surface area contributed by atoms with Crippen molar-refractivity contribution >= 4 is 17.7 Å². The van der Waals surface area contributed by atoms with Gasteiger partial charge in [0, 0.05) is 39.3 Å². The molecular formula is C18H27N3O4. The maximum atomic E-state index is 12.9. The molecule has 1 aliphatic rings. The first-order valence-electron chi connectivity index (χ1n) is 8.74. The van der Waals surface area contributed by atoms with Crippen molar-refractivity contribution in [3.8, 4) is 0 Å². The highest BCUT2D eigenvalue weighted by atomic mass is 16.3. The molecule has 0 radical (unpaired) electrons. The molecule has 0 aliphatic carbocycles. The summed E-state index contributed by atoms with van der Waals surface area (Å²) < 4.78 is 5.14. The Morgan fingerprint density at radius 3 is 2.12 bits per heavy atom. The molecule has 2 rings (SSSR count). The summed E-state index contributed by atoms with van der Waals surface area (Å²) in [5.74, 6) is -0.210. The Morgan fingerprint density at radius 1 is 1.08 bits per heavy atom. The number of carbonyl (C=O) groups is 3. The van der Waals surface area contributed by atoms with Gasteiger partial charge in [-0.1, -0.05) is 0 Å². The Morgan fingerprint density at radius 2 is 1.64 bits per heavy atom. The van der Waals surface area contributed by atoms with Gasteiger partial charge < -0.3 is 19.1 Å². The minimum Gasteiger partial charge on any atom is -0.459 e. The van der Waals surface area contributed by atoms with E-state index in [1.54, 1.807) is 40.7 Å². The first-order chi connectivity index (χ1) is 11.8. The molecule has 0 atom stereocenters. The fourth-order valence-electron chi connectivity index (χ4n) is 3.06. The summed E-state index contributed by atoms with van der Waals surface area (Å²) in [7, 11) is 0. The molecule has 7 heteroatoms. The van der Waals surface area contributed by atoms with Gasteiger partial charge in [-0.15, -0.1) is 0 Å². The van der Waals surface area contributed by atoms with E-state index in [0.29, 0.717) is 45.0 Å². The third-order valence-corrected chi connectivity index (χ3v) is 4.71. The Kier molecular flexibility index (Phi) is 5.87. The van der Waals surface area contributed by atoms with E-state index in [9.17, 15) is 14.4 Å². The highest BCUT2D eigenvalue weighted by Crippen LogP contribution is 2.23. The Hall–Kier alpha value is -2.31. The molecule has 0 N–H and O–H groups in total. The van der Waals surface area contributed by atoms with Crippen molar-refractivity contribution < 1.29 is 18.8 Å². The zero-order valence-corrected chi connectivity index (χ0v) is 15.4. The summed E-state index contributed by atoms with van der Waals surface area (Å²) in [6.07, 6.45) is 1.47. The van der Waals surface area contributed by atoms with Crippen LogP contribution in [0, 0.1) is 5.41 Å². The number of carbonyl (C=O) groups excluding carboxylic acids is 3. The van der Waals surface area contributed by atoms with E-state index >= 15 is 0 Å². The lowest BCUT2D eigenvalue weighted by atomic mass is 9.89. The average Bonchev–Trinajstić information content (AvgIpc) is 3.16. The maximum absolute atomic E-state index is 12.9. The summed E-state index contributed by atoms with van der Waals surface area (Å²) in [6, 6.07) is 3.31. The standard InChI is InChI=1S/C18H27N3O4/c1-5-19(6-2)16(23)18(3,4)17(24)21-11-9-20(10-12-21)15(22)14-8-7-13-25-14/h7-8,13H,5-6,9-12H2,1-4H3. The summed E-state index contributed by atoms with van der Waals surface area (Å²) >= 11 is 0. The monoisotopic (exact) mass is 349 g/mol. The maximum Gasteiger partial charge on any atom is 0.289 e. The van der Waals surface area contributed by atoms with Gasteiger partial charge in [0.05, 0.1) is 6.26 Å². The smallest absolute Gasteiger partial charge is 0.289 e. The van der Waals surface area contributed by atoms with Crippen LogP contribution in [0.15, 0.2) is 22.8 Å². The van der Waals surface area contributed by atoms with Crippen molar-refractivity contribution in [3.63, 3.8) is 0 Å². The van der Waals surface area contributed by atoms with Crippen molar-refractivity contribution in [3.05, 3.63) is 24.2 Å². The molecule has 0 bridgehead atoms. The van der Waals surface area contributed by atoms with Crippen molar-refractivity contribution in [1.29, 1.82) is 0 Å². The number of furan rings is 1. The summed E-state index contributed by atoms with van der Waals surface area (Å²) in [6.45, 7) is 10.0. The van der Waals surface area contributed by atoms with Gasteiger partial charge in [0.25, 0.3) is 5.91 Å². The average molecular weight is 349 g/mol. The molecule has 1 aliphatic heterocycles. The molecule has 0 saturated carbocycles. The van der Waals surface area contributed by atoms with Crippen LogP contribution in [0.2, 0.25) is 0 Å². The van der Waals surface area contributed by atoms with Gasteiger partial charge in [0.1, 0.15) is 5.41 Å². The molecule has 3 amide bonds. The number of amides is 3. The molecule has 1 saturated heterocycles. The van der Waals surface area contributed by atoms with E-state index in [0.717, 1.165) is 0 Å². The highest BCUT2D eigenvalue weighted by Gasteiger charge is 2.42. The van der Waals surface area contributed by atoms with Gasteiger partial charge in [-0.2, -0.15) is 0 Å². The highest BCUT2D eigenvalue weighted by molar-refractivity contribution is 6.04. The molecule has 1 fully saturated rings. The summed E-state index contributed by atoms with van der Waals surface area (Å²) in [4.78, 5) is 42.8. The first-order valence-corrected chi connectivity index (χ1v) is 8.74. The third kappa shape index (κ3) is 3.86. The quantitative estimate of drug-likeness (QED) is 0.754. The van der Waals surface area contributed by atoms with Gasteiger partial charge in [-0.05, 0) is 39.8 Å². The summed E-state index contributed by atoms with van der Waals surface area (Å²) in [5.41, 5.74) is -1.10. The Bertz CT molecular complexity index is 612. The molecule has 1 aromatic heterocycles. The fourth-order valence-corrected chi connectivity index (χ4v) is 3.06. The van der Waals surface area contributed by atoms with E-state index in [-0.39, 0.29) is 17.7 Å². The van der Waals surface area contributed by atoms with E-state index in [4.69, 9.17) is 4.42 Å². The number of nitrogens with zero attached hydrogens (tertiary/aromatic N) is 3. The molecule has 138 valence electrons. The van der Waals surface area contributed by atoms with Crippen molar-refractivity contribution in [2.45, 2.75) is 27.7 Å². The van der Waals surface area contributed by atoms with Gasteiger partial charge in [0.2, 0.25) is 11.8 Å². The van der Waals surface area contributed by atoms with Crippen LogP contribution < -0.4 is 0 Å². The predicted octanol–water partition coefficient (Wildman–Crippen LogP) is 1.46. The summed E-state index contributed by atoms with van der Waals surface area (Å²) in [5, 5.41) is 0. The van der Waals surface area contributed by atoms with Crippen LogP contribution in [-0.2, 0) is 9.59 Å². The van der Waals surface area contributed by atoms with Gasteiger partial charge in [-0.3, -0.25) is 14.4 Å². The molecule has 25 heavy (non-hydrogen) atoms. The van der Waals surface area contributed by atoms with Gasteiger partial charge >= 0.3 is 0 Å². The normalized spacial score (nSPS) is 15.2. The number of rotatable bonds is 5. The lowest BCUT2D eigenvalue weighted by molar-refractivity contribution is -0.154. The second kappa shape index (κ2) is 7.72. The molecule has 0 aromatic carbocycles. The van der Waals surface area contributed by atoms with Crippen molar-refractivity contribution in [2.24, 2.45) is 5.41 Å². The molecular weight excluding hydrogens is 322 g/mol. The minimum atomic E-state index is -1.10. The first kappa shape index (κ1) is 19.0. The van der Waals surface area contributed by atoms with Crippen LogP contribution in [0.1, 0.15) is 38.2 Å². The zero-order valence-electron chi connectivity index (χ0n) is 15.4. The topological polar surface area (TPSA) is 74.1 Å². The van der Waals surface area contributed by atoms with E-state index in [1.165, 1.54) is 6.26 Å². The second-order valence-corrected chi connectivity index (χ2v) is 6.66. The van der Waals surface area contributed by atoms with Gasteiger partial charge in [0.15, 0.2) is 5.76 Å². The lowest BCUT2D eigenvalue weighted by Crippen LogP contribution is -2.56. The van der Waals surface area contributed by atoms with Crippen molar-refractivity contribution in [2.75, 3.05) is 39.3 Å². The SMILES string of the molecule is CCN(CC)C(=O)C(C)(C)C(=O)N1CCN(C(=O)c2ccco2)CC1. The van der Waals surface area contributed by atoms with Crippen LogP contribution in [0.3, 0.4) is 0 Å². The largest absolute Gasteiger partial charge is 0.459 e. The van der Waals surface area contributed by atoms with Gasteiger partial charge in [-0.25, -0.2) is 0 Å². The molecule has 7 nitrogen and oxygen atoms in total. The molecule has 0 spiro atoms. The van der Waals surface area contributed by atoms with Crippen LogP contribution in [0.25, 0.3) is 0 Å². The minimum absolute atomic E-state index is 0.156. The van der Waals surface area contributed by atoms with E-state index in [1.807, 2.05) is 13.8 Å². The third-order valence-electron chi connectivity index (χ3n) is 4.71. The van der Waals surface area contributed by atoms with Crippen LogP contribution in [-0.4, -0.2) is 71.7 Å². The zero-order chi connectivity index (χ0) is 18.6. The fraction of sp³-hybridized carbons (Fsp3) is 0.611. The molecule has 2 heterocycles. The van der Waals surface area contributed by atoms with E-state index < -0.39 is 5.41 Å². The second-order valence-electron chi connectivity index (χ2n) is 6.66. The predicted molar refractivity (Wildman–Crippen MR) is 92.9 cm³/mol.